The molecule has 1 aliphatic heterocycles. The van der Waals surface area contributed by atoms with Gasteiger partial charge in [0, 0.05) is 17.3 Å². The average molecular weight is 323 g/mol. The topological polar surface area (TPSA) is 59.2 Å². The number of aromatic nitrogens is 2. The molecule has 1 atom stereocenters. The van der Waals surface area contributed by atoms with E-state index >= 15 is 0 Å². The third kappa shape index (κ3) is 2.36. The molecule has 0 spiro atoms. The number of benzene rings is 2. The number of hydrogen-bond acceptors (Lipinski definition) is 4. The van der Waals surface area contributed by atoms with E-state index in [0.717, 1.165) is 17.7 Å². The highest BCUT2D eigenvalue weighted by Gasteiger charge is 2.34. The Hall–Kier alpha value is -3.02. The Kier molecular flexibility index (Phi) is 3.37. The summed E-state index contributed by atoms with van der Waals surface area (Å²) in [6.07, 6.45) is 0.785. The largest absolute Gasteiger partial charge is 0.412 e. The van der Waals surface area contributed by atoms with Gasteiger partial charge in [-0.15, -0.1) is 10.2 Å². The number of nitrogens with zero attached hydrogens (tertiary/aromatic N) is 3. The monoisotopic (exact) mass is 323 g/mol. The summed E-state index contributed by atoms with van der Waals surface area (Å²) in [5.74, 6) is -0.723. The van der Waals surface area contributed by atoms with Gasteiger partial charge in [0.2, 0.25) is 5.89 Å². The Balaban J connectivity index is 1.67. The zero-order valence-corrected chi connectivity index (χ0v) is 12.9. The van der Waals surface area contributed by atoms with E-state index in [4.69, 9.17) is 4.42 Å². The molecule has 0 saturated heterocycles. The summed E-state index contributed by atoms with van der Waals surface area (Å²) in [4.78, 5) is 14.5. The molecule has 4 rings (SSSR count). The van der Waals surface area contributed by atoms with Crippen LogP contribution in [0.3, 0.4) is 0 Å². The van der Waals surface area contributed by atoms with E-state index in [1.54, 1.807) is 17.0 Å². The number of rotatable bonds is 2. The number of carbonyl (C=O) groups is 1. The number of anilines is 1. The highest BCUT2D eigenvalue weighted by atomic mass is 19.1. The highest BCUT2D eigenvalue weighted by molar-refractivity contribution is 6.04. The number of halogens is 1. The van der Waals surface area contributed by atoms with Crippen LogP contribution in [0.4, 0.5) is 10.1 Å². The van der Waals surface area contributed by atoms with Gasteiger partial charge in [0.1, 0.15) is 5.82 Å². The minimum Gasteiger partial charge on any atom is -0.412 e. The molecule has 0 bridgehead atoms. The minimum atomic E-state index is -0.402. The molecule has 1 aromatic heterocycles. The minimum absolute atomic E-state index is 0.0134. The summed E-state index contributed by atoms with van der Waals surface area (Å²) < 4.78 is 18.8. The van der Waals surface area contributed by atoms with Gasteiger partial charge in [-0.25, -0.2) is 4.39 Å². The SMILES string of the molecule is CC1Cc2ccccc2N1C(=O)c1nnc(-c2cccc(F)c2)o1. The van der Waals surface area contributed by atoms with Gasteiger partial charge in [0.05, 0.1) is 0 Å². The maximum absolute atomic E-state index is 13.3. The second-order valence-corrected chi connectivity index (χ2v) is 5.78. The molecule has 0 fully saturated rings. The standard InChI is InChI=1S/C18H14FN3O2/c1-11-9-12-5-2-3-8-15(12)22(11)18(23)17-21-20-16(24-17)13-6-4-7-14(19)10-13/h2-8,10-11H,9H2,1H3. The number of carbonyl (C=O) groups excluding carboxylic acids is 1. The molecule has 5 nitrogen and oxygen atoms in total. The van der Waals surface area contributed by atoms with Crippen molar-refractivity contribution >= 4 is 11.6 Å². The molecule has 3 aromatic rings. The Morgan fingerprint density at radius 2 is 2.04 bits per heavy atom. The molecule has 2 heterocycles. The van der Waals surface area contributed by atoms with E-state index in [2.05, 4.69) is 10.2 Å². The molecule has 1 amide bonds. The zero-order chi connectivity index (χ0) is 16.7. The third-order valence-electron chi connectivity index (χ3n) is 4.11. The van der Waals surface area contributed by atoms with Crippen molar-refractivity contribution in [3.63, 3.8) is 0 Å². The van der Waals surface area contributed by atoms with Crippen molar-refractivity contribution in [1.29, 1.82) is 0 Å². The van der Waals surface area contributed by atoms with Crippen molar-refractivity contribution < 1.29 is 13.6 Å². The van der Waals surface area contributed by atoms with Gasteiger partial charge in [-0.2, -0.15) is 0 Å². The number of para-hydroxylation sites is 1. The van der Waals surface area contributed by atoms with E-state index in [1.165, 1.54) is 12.1 Å². The normalized spacial score (nSPS) is 16.2. The first kappa shape index (κ1) is 14.6. The van der Waals surface area contributed by atoms with Gasteiger partial charge in [-0.3, -0.25) is 4.79 Å². The summed E-state index contributed by atoms with van der Waals surface area (Å²) in [6.45, 7) is 1.97. The maximum atomic E-state index is 13.3. The molecular formula is C18H14FN3O2. The van der Waals surface area contributed by atoms with E-state index in [-0.39, 0.29) is 23.7 Å². The maximum Gasteiger partial charge on any atom is 0.316 e. The Labute approximate surface area is 137 Å². The fourth-order valence-electron chi connectivity index (χ4n) is 3.03. The second-order valence-electron chi connectivity index (χ2n) is 5.78. The molecule has 0 N–H and O–H groups in total. The molecule has 0 saturated carbocycles. The van der Waals surface area contributed by atoms with E-state index < -0.39 is 5.82 Å². The molecular weight excluding hydrogens is 309 g/mol. The first-order valence-corrected chi connectivity index (χ1v) is 7.64. The summed E-state index contributed by atoms with van der Waals surface area (Å²) in [6, 6.07) is 13.6. The fourth-order valence-corrected chi connectivity index (χ4v) is 3.03. The van der Waals surface area contributed by atoms with Crippen LogP contribution in [0.5, 0.6) is 0 Å². The molecule has 2 aromatic carbocycles. The van der Waals surface area contributed by atoms with Crippen molar-refractivity contribution in [2.45, 2.75) is 19.4 Å². The molecule has 0 radical (unpaired) electrons. The fraction of sp³-hybridized carbons (Fsp3) is 0.167. The van der Waals surface area contributed by atoms with Crippen molar-refractivity contribution in [2.75, 3.05) is 4.90 Å². The summed E-state index contributed by atoms with van der Waals surface area (Å²) in [7, 11) is 0. The van der Waals surface area contributed by atoms with Crippen LogP contribution in [0.1, 0.15) is 23.2 Å². The molecule has 1 unspecified atom stereocenters. The van der Waals surface area contributed by atoms with E-state index in [0.29, 0.717) is 5.56 Å². The predicted octanol–water partition coefficient (Wildman–Crippen LogP) is 3.47. The van der Waals surface area contributed by atoms with Crippen molar-refractivity contribution in [3.8, 4) is 11.5 Å². The van der Waals surface area contributed by atoms with Crippen molar-refractivity contribution in [1.82, 2.24) is 10.2 Å². The van der Waals surface area contributed by atoms with Gasteiger partial charge >= 0.3 is 11.8 Å². The van der Waals surface area contributed by atoms with Crippen LogP contribution < -0.4 is 4.90 Å². The van der Waals surface area contributed by atoms with Crippen molar-refractivity contribution in [2.24, 2.45) is 0 Å². The molecule has 1 aliphatic rings. The van der Waals surface area contributed by atoms with Gasteiger partial charge in [-0.05, 0) is 43.2 Å². The van der Waals surface area contributed by atoms with Gasteiger partial charge in [-0.1, -0.05) is 24.3 Å². The summed E-state index contributed by atoms with van der Waals surface area (Å²) in [5.41, 5.74) is 2.42. The number of hydrogen-bond donors (Lipinski definition) is 0. The first-order chi connectivity index (χ1) is 11.6. The lowest BCUT2D eigenvalue weighted by molar-refractivity contribution is 0.0948. The highest BCUT2D eigenvalue weighted by Crippen LogP contribution is 2.33. The Morgan fingerprint density at radius 1 is 1.21 bits per heavy atom. The van der Waals surface area contributed by atoms with Gasteiger partial charge in [0.25, 0.3) is 0 Å². The molecule has 6 heteroatoms. The number of amides is 1. The molecule has 0 aliphatic carbocycles. The van der Waals surface area contributed by atoms with Crippen molar-refractivity contribution in [3.05, 3.63) is 65.8 Å². The van der Waals surface area contributed by atoms with Gasteiger partial charge < -0.3 is 9.32 Å². The van der Waals surface area contributed by atoms with E-state index in [9.17, 15) is 9.18 Å². The lowest BCUT2D eigenvalue weighted by atomic mass is 10.1. The summed E-state index contributed by atoms with van der Waals surface area (Å²) in [5, 5.41) is 7.71. The Morgan fingerprint density at radius 3 is 2.88 bits per heavy atom. The zero-order valence-electron chi connectivity index (χ0n) is 12.9. The van der Waals surface area contributed by atoms with E-state index in [1.807, 2.05) is 31.2 Å². The second kappa shape index (κ2) is 5.56. The summed E-state index contributed by atoms with van der Waals surface area (Å²) >= 11 is 0. The average Bonchev–Trinajstić information content (AvgIpc) is 3.18. The first-order valence-electron chi connectivity index (χ1n) is 7.64. The van der Waals surface area contributed by atoms with Crippen LogP contribution in [-0.4, -0.2) is 22.1 Å². The Bertz CT molecular complexity index is 922. The van der Waals surface area contributed by atoms with Crippen LogP contribution >= 0.6 is 0 Å². The van der Waals surface area contributed by atoms with Crippen LogP contribution in [0.15, 0.2) is 52.9 Å². The smallest absolute Gasteiger partial charge is 0.316 e. The third-order valence-corrected chi connectivity index (χ3v) is 4.11. The lowest BCUT2D eigenvalue weighted by Crippen LogP contribution is -2.35. The van der Waals surface area contributed by atoms with Crippen LogP contribution in [0, 0.1) is 5.82 Å². The number of fused-ring (bicyclic) bond motifs is 1. The molecule has 24 heavy (non-hydrogen) atoms. The molecule has 120 valence electrons. The lowest BCUT2D eigenvalue weighted by Gasteiger charge is -2.20. The quantitative estimate of drug-likeness (QED) is 0.724. The van der Waals surface area contributed by atoms with Crippen LogP contribution in [0.2, 0.25) is 0 Å². The van der Waals surface area contributed by atoms with Crippen LogP contribution in [0.25, 0.3) is 11.5 Å². The predicted molar refractivity (Wildman–Crippen MR) is 86.1 cm³/mol. The van der Waals surface area contributed by atoms with Crippen LogP contribution in [-0.2, 0) is 6.42 Å². The van der Waals surface area contributed by atoms with Gasteiger partial charge in [0.15, 0.2) is 0 Å².